The van der Waals surface area contributed by atoms with Gasteiger partial charge < -0.3 is 19.7 Å². The molecule has 1 atom stereocenters. The van der Waals surface area contributed by atoms with Gasteiger partial charge in [0, 0.05) is 38.6 Å². The first-order valence-electron chi connectivity index (χ1n) is 7.38. The molecule has 1 fully saturated rings. The Hall–Kier alpha value is -1.21. The molecule has 0 radical (unpaired) electrons. The van der Waals surface area contributed by atoms with E-state index in [1.807, 2.05) is 30.2 Å². The normalized spacial score (nSPS) is 17.9. The van der Waals surface area contributed by atoms with E-state index in [1.54, 1.807) is 6.20 Å². The lowest BCUT2D eigenvalue weighted by Crippen LogP contribution is -2.49. The van der Waals surface area contributed by atoms with Crippen molar-refractivity contribution in [3.8, 4) is 0 Å². The van der Waals surface area contributed by atoms with Crippen LogP contribution in [0.5, 0.6) is 0 Å². The maximum absolute atomic E-state index is 12.3. The Morgan fingerprint density at radius 1 is 1.45 bits per heavy atom. The number of ether oxygens (including phenoxy) is 2. The molecule has 1 aliphatic heterocycles. The molecule has 1 N–H and O–H groups in total. The van der Waals surface area contributed by atoms with Crippen LogP contribution in [0.4, 0.5) is 0 Å². The molecule has 22 heavy (non-hydrogen) atoms. The quantitative estimate of drug-likeness (QED) is 0.757. The van der Waals surface area contributed by atoms with Crippen molar-refractivity contribution in [2.24, 2.45) is 0 Å². The molecule has 0 saturated carbocycles. The van der Waals surface area contributed by atoms with Crippen LogP contribution in [0.15, 0.2) is 24.5 Å². The lowest BCUT2D eigenvalue weighted by molar-refractivity contribution is -0.140. The number of piperazine rings is 1. The van der Waals surface area contributed by atoms with Crippen LogP contribution in [0.3, 0.4) is 0 Å². The van der Waals surface area contributed by atoms with Crippen molar-refractivity contribution in [3.63, 3.8) is 0 Å². The van der Waals surface area contributed by atoms with E-state index in [0.717, 1.165) is 18.7 Å². The molecule has 124 valence electrons. The zero-order valence-corrected chi connectivity index (χ0v) is 13.7. The van der Waals surface area contributed by atoms with Crippen LogP contribution in [0.1, 0.15) is 18.5 Å². The predicted octanol–water partition coefficient (Wildman–Crippen LogP) is 1.03. The smallest absolute Gasteiger partial charge is 0.249 e. The number of carbonyl (C=O) groups excluding carboxylic acids is 1. The molecule has 0 bridgehead atoms. The lowest BCUT2D eigenvalue weighted by Gasteiger charge is -2.36. The van der Waals surface area contributed by atoms with Crippen LogP contribution in [-0.4, -0.2) is 61.9 Å². The molecule has 2 heterocycles. The van der Waals surface area contributed by atoms with Crippen molar-refractivity contribution in [1.29, 1.82) is 0 Å². The highest BCUT2D eigenvalue weighted by Gasteiger charge is 2.27. The highest BCUT2D eigenvalue weighted by molar-refractivity contribution is 5.85. The van der Waals surface area contributed by atoms with Gasteiger partial charge in [0.05, 0.1) is 19.3 Å². The minimum Gasteiger partial charge on any atom is -0.379 e. The van der Waals surface area contributed by atoms with Gasteiger partial charge in [-0.15, -0.1) is 12.4 Å². The van der Waals surface area contributed by atoms with E-state index in [9.17, 15) is 4.79 Å². The average molecular weight is 330 g/mol. The molecule has 7 heteroatoms. The minimum absolute atomic E-state index is 0. The number of nitrogens with zero attached hydrogens (tertiary/aromatic N) is 2. The summed E-state index contributed by atoms with van der Waals surface area (Å²) < 4.78 is 10.6. The first kappa shape index (κ1) is 18.8. The zero-order valence-electron chi connectivity index (χ0n) is 12.9. The molecule has 1 aromatic rings. The van der Waals surface area contributed by atoms with E-state index in [0.29, 0.717) is 26.4 Å². The Balaban J connectivity index is 0.00000242. The van der Waals surface area contributed by atoms with Crippen LogP contribution in [-0.2, 0) is 14.3 Å². The fourth-order valence-corrected chi connectivity index (χ4v) is 2.38. The zero-order chi connectivity index (χ0) is 14.9. The molecule has 1 aromatic heterocycles. The third kappa shape index (κ3) is 5.53. The lowest BCUT2D eigenvalue weighted by atomic mass is 10.1. The van der Waals surface area contributed by atoms with Crippen molar-refractivity contribution < 1.29 is 14.3 Å². The van der Waals surface area contributed by atoms with Crippen molar-refractivity contribution in [3.05, 3.63) is 30.1 Å². The van der Waals surface area contributed by atoms with Gasteiger partial charge >= 0.3 is 0 Å². The third-order valence-electron chi connectivity index (χ3n) is 3.43. The minimum atomic E-state index is 0. The van der Waals surface area contributed by atoms with Crippen LogP contribution >= 0.6 is 12.4 Å². The summed E-state index contributed by atoms with van der Waals surface area (Å²) >= 11 is 0. The summed E-state index contributed by atoms with van der Waals surface area (Å²) in [5.41, 5.74) is 1.05. The number of halogens is 1. The second kappa shape index (κ2) is 10.5. The molecule has 0 aromatic carbocycles. The second-order valence-corrected chi connectivity index (χ2v) is 4.84. The molecular formula is C15H24ClN3O3. The topological polar surface area (TPSA) is 63.7 Å². The van der Waals surface area contributed by atoms with Gasteiger partial charge in [-0.2, -0.15) is 0 Å². The highest BCUT2D eigenvalue weighted by atomic mass is 35.5. The highest BCUT2D eigenvalue weighted by Crippen LogP contribution is 2.21. The Morgan fingerprint density at radius 3 is 3.00 bits per heavy atom. The Labute approximate surface area is 137 Å². The molecule has 1 saturated heterocycles. The number of nitrogens with one attached hydrogen (secondary N) is 1. The van der Waals surface area contributed by atoms with Crippen molar-refractivity contribution in [2.75, 3.05) is 46.1 Å². The first-order chi connectivity index (χ1) is 10.3. The molecule has 0 aliphatic carbocycles. The van der Waals surface area contributed by atoms with Crippen LogP contribution in [0, 0.1) is 0 Å². The number of aromatic nitrogens is 1. The Morgan fingerprint density at radius 2 is 2.27 bits per heavy atom. The number of hydrogen-bond acceptors (Lipinski definition) is 5. The van der Waals surface area contributed by atoms with Gasteiger partial charge in [-0.1, -0.05) is 6.07 Å². The molecule has 1 aliphatic rings. The van der Waals surface area contributed by atoms with Crippen LogP contribution < -0.4 is 5.32 Å². The van der Waals surface area contributed by atoms with E-state index in [1.165, 1.54) is 0 Å². The fourth-order valence-electron chi connectivity index (χ4n) is 2.38. The fraction of sp³-hybridized carbons (Fsp3) is 0.600. The van der Waals surface area contributed by atoms with Crippen molar-refractivity contribution in [1.82, 2.24) is 15.2 Å². The Kier molecular flexibility index (Phi) is 9.00. The summed E-state index contributed by atoms with van der Waals surface area (Å²) in [6, 6.07) is 3.92. The molecule has 1 amide bonds. The van der Waals surface area contributed by atoms with E-state index >= 15 is 0 Å². The number of rotatable bonds is 7. The van der Waals surface area contributed by atoms with Gasteiger partial charge in [-0.3, -0.25) is 9.78 Å². The van der Waals surface area contributed by atoms with E-state index in [2.05, 4.69) is 10.3 Å². The standard InChI is InChI=1S/C15H23N3O3.ClH/c1-2-20-8-9-21-12-15(19)18-7-6-17-11-14(18)13-4-3-5-16-10-13;/h3-5,10,14,17H,2,6-9,11-12H2,1H3;1H. The number of pyridine rings is 1. The summed E-state index contributed by atoms with van der Waals surface area (Å²) in [4.78, 5) is 18.3. The molecule has 2 rings (SSSR count). The van der Waals surface area contributed by atoms with Gasteiger partial charge in [0.1, 0.15) is 6.61 Å². The van der Waals surface area contributed by atoms with E-state index in [4.69, 9.17) is 9.47 Å². The third-order valence-corrected chi connectivity index (χ3v) is 3.43. The van der Waals surface area contributed by atoms with Crippen molar-refractivity contribution >= 4 is 18.3 Å². The van der Waals surface area contributed by atoms with Gasteiger partial charge in [0.25, 0.3) is 0 Å². The van der Waals surface area contributed by atoms with E-state index < -0.39 is 0 Å². The van der Waals surface area contributed by atoms with Gasteiger partial charge in [0.2, 0.25) is 5.91 Å². The number of hydrogen-bond donors (Lipinski definition) is 1. The SMILES string of the molecule is CCOCCOCC(=O)N1CCNCC1c1cccnc1.Cl. The summed E-state index contributed by atoms with van der Waals surface area (Å²) in [5, 5.41) is 3.32. The number of amides is 1. The van der Waals surface area contributed by atoms with Crippen LogP contribution in [0.25, 0.3) is 0 Å². The number of carbonyl (C=O) groups is 1. The Bertz CT molecular complexity index is 433. The first-order valence-corrected chi connectivity index (χ1v) is 7.38. The largest absolute Gasteiger partial charge is 0.379 e. The average Bonchev–Trinajstić information content (AvgIpc) is 2.55. The molecule has 1 unspecified atom stereocenters. The van der Waals surface area contributed by atoms with Gasteiger partial charge in [-0.05, 0) is 18.6 Å². The molecule has 0 spiro atoms. The van der Waals surface area contributed by atoms with Gasteiger partial charge in [-0.25, -0.2) is 0 Å². The summed E-state index contributed by atoms with van der Waals surface area (Å²) in [6.07, 6.45) is 3.55. The van der Waals surface area contributed by atoms with E-state index in [-0.39, 0.29) is 31.0 Å². The molecular weight excluding hydrogens is 306 g/mol. The summed E-state index contributed by atoms with van der Waals surface area (Å²) in [6.45, 7) is 5.91. The van der Waals surface area contributed by atoms with Crippen LogP contribution in [0.2, 0.25) is 0 Å². The summed E-state index contributed by atoms with van der Waals surface area (Å²) in [7, 11) is 0. The monoisotopic (exact) mass is 329 g/mol. The van der Waals surface area contributed by atoms with Crippen molar-refractivity contribution in [2.45, 2.75) is 13.0 Å². The molecule has 6 nitrogen and oxygen atoms in total. The summed E-state index contributed by atoms with van der Waals surface area (Å²) in [5.74, 6) is 0.0156. The van der Waals surface area contributed by atoms with Gasteiger partial charge in [0.15, 0.2) is 0 Å². The maximum atomic E-state index is 12.3. The maximum Gasteiger partial charge on any atom is 0.249 e. The predicted molar refractivity (Wildman–Crippen MR) is 86.1 cm³/mol. The second-order valence-electron chi connectivity index (χ2n) is 4.84.